The van der Waals surface area contributed by atoms with Crippen LogP contribution in [0.5, 0.6) is 0 Å². The Balaban J connectivity index is 2.84. The van der Waals surface area contributed by atoms with Crippen LogP contribution in [-0.4, -0.2) is 0 Å². The normalized spacial score (nSPS) is 9.43. The molecule has 0 heterocycles. The molecule has 0 saturated carbocycles. The van der Waals surface area contributed by atoms with Gasteiger partial charge >= 0.3 is 0 Å². The van der Waals surface area contributed by atoms with Gasteiger partial charge in [0.15, 0.2) is 0 Å². The first-order valence-corrected chi connectivity index (χ1v) is 4.58. The lowest BCUT2D eigenvalue weighted by Gasteiger charge is -2.09. The SMILES string of the molecule is Cc1ccc(C(CC#N)CC#N)cc1. The molecule has 0 unspecified atom stereocenters. The standard InChI is InChI=1S/C12H12N2/c1-10-2-4-11(5-3-10)12(6-8-13)7-9-14/h2-5,12H,6-7H2,1H3. The van der Waals surface area contributed by atoms with Crippen LogP contribution >= 0.6 is 0 Å². The molecule has 1 aromatic rings. The number of nitriles is 2. The Bertz CT molecular complexity index is 349. The largest absolute Gasteiger partial charge is 0.198 e. The maximum atomic E-state index is 8.62. The Labute approximate surface area is 84.4 Å². The Morgan fingerprint density at radius 3 is 2.00 bits per heavy atom. The second-order valence-corrected chi connectivity index (χ2v) is 3.33. The molecule has 1 aromatic carbocycles. The van der Waals surface area contributed by atoms with Gasteiger partial charge in [-0.3, -0.25) is 0 Å². The Morgan fingerprint density at radius 1 is 1.07 bits per heavy atom. The van der Waals surface area contributed by atoms with Gasteiger partial charge in [0, 0.05) is 18.8 Å². The Hall–Kier alpha value is -1.80. The highest BCUT2D eigenvalue weighted by Crippen LogP contribution is 2.22. The molecule has 14 heavy (non-hydrogen) atoms. The summed E-state index contributed by atoms with van der Waals surface area (Å²) in [7, 11) is 0. The molecule has 2 nitrogen and oxygen atoms in total. The fraction of sp³-hybridized carbons (Fsp3) is 0.333. The third-order valence-electron chi connectivity index (χ3n) is 2.22. The molecular formula is C12H12N2. The molecule has 0 N–H and O–H groups in total. The minimum atomic E-state index is 0.0607. The fourth-order valence-corrected chi connectivity index (χ4v) is 1.37. The van der Waals surface area contributed by atoms with Crippen LogP contribution in [0.4, 0.5) is 0 Å². The third-order valence-corrected chi connectivity index (χ3v) is 2.22. The molecular weight excluding hydrogens is 172 g/mol. The number of benzene rings is 1. The van der Waals surface area contributed by atoms with Gasteiger partial charge < -0.3 is 0 Å². The topological polar surface area (TPSA) is 47.6 Å². The number of hydrogen-bond donors (Lipinski definition) is 0. The third kappa shape index (κ3) is 2.61. The van der Waals surface area contributed by atoms with Gasteiger partial charge in [0.05, 0.1) is 12.1 Å². The van der Waals surface area contributed by atoms with Gasteiger partial charge in [-0.1, -0.05) is 29.8 Å². The van der Waals surface area contributed by atoms with E-state index < -0.39 is 0 Å². The van der Waals surface area contributed by atoms with Crippen molar-refractivity contribution in [3.05, 3.63) is 35.4 Å². The van der Waals surface area contributed by atoms with Gasteiger partial charge in [0.25, 0.3) is 0 Å². The highest BCUT2D eigenvalue weighted by Gasteiger charge is 2.09. The first kappa shape index (κ1) is 10.3. The van der Waals surface area contributed by atoms with E-state index in [1.54, 1.807) is 0 Å². The van der Waals surface area contributed by atoms with E-state index >= 15 is 0 Å². The fourth-order valence-electron chi connectivity index (χ4n) is 1.37. The molecule has 70 valence electrons. The van der Waals surface area contributed by atoms with E-state index in [1.807, 2.05) is 31.2 Å². The molecule has 0 bridgehead atoms. The van der Waals surface area contributed by atoms with Crippen molar-refractivity contribution in [2.75, 3.05) is 0 Å². The number of nitrogens with zero attached hydrogens (tertiary/aromatic N) is 2. The minimum Gasteiger partial charge on any atom is -0.198 e. The maximum Gasteiger partial charge on any atom is 0.0628 e. The summed E-state index contributed by atoms with van der Waals surface area (Å²) in [5.41, 5.74) is 2.28. The quantitative estimate of drug-likeness (QED) is 0.725. The molecule has 0 radical (unpaired) electrons. The summed E-state index contributed by atoms with van der Waals surface area (Å²) in [6.45, 7) is 2.02. The smallest absolute Gasteiger partial charge is 0.0628 e. The van der Waals surface area contributed by atoms with E-state index in [1.165, 1.54) is 5.56 Å². The molecule has 0 saturated heterocycles. The highest BCUT2D eigenvalue weighted by atomic mass is 14.3. The molecule has 0 aliphatic carbocycles. The number of hydrogen-bond acceptors (Lipinski definition) is 2. The molecule has 0 amide bonds. The van der Waals surface area contributed by atoms with Gasteiger partial charge in [-0.15, -0.1) is 0 Å². The molecule has 0 aromatic heterocycles. The van der Waals surface area contributed by atoms with Crippen molar-refractivity contribution in [3.8, 4) is 12.1 Å². The summed E-state index contributed by atoms with van der Waals surface area (Å²) in [6.07, 6.45) is 0.827. The molecule has 0 atom stereocenters. The molecule has 0 fully saturated rings. The van der Waals surface area contributed by atoms with Crippen LogP contribution in [0.25, 0.3) is 0 Å². The molecule has 0 aliphatic rings. The zero-order chi connectivity index (χ0) is 10.4. The number of rotatable bonds is 3. The lowest BCUT2D eigenvalue weighted by Crippen LogP contribution is -1.96. The molecule has 1 rings (SSSR count). The molecule has 2 heteroatoms. The van der Waals surface area contributed by atoms with Crippen molar-refractivity contribution in [2.45, 2.75) is 25.7 Å². The van der Waals surface area contributed by atoms with Gasteiger partial charge in [-0.05, 0) is 12.5 Å². The lowest BCUT2D eigenvalue weighted by molar-refractivity contribution is 0.726. The van der Waals surface area contributed by atoms with Gasteiger partial charge in [-0.25, -0.2) is 0 Å². The van der Waals surface area contributed by atoms with E-state index in [4.69, 9.17) is 10.5 Å². The highest BCUT2D eigenvalue weighted by molar-refractivity contribution is 5.25. The lowest BCUT2D eigenvalue weighted by atomic mass is 9.93. The van der Waals surface area contributed by atoms with E-state index in [0.29, 0.717) is 12.8 Å². The van der Waals surface area contributed by atoms with Crippen molar-refractivity contribution in [1.29, 1.82) is 10.5 Å². The van der Waals surface area contributed by atoms with Crippen molar-refractivity contribution in [1.82, 2.24) is 0 Å². The molecule has 0 aliphatic heterocycles. The van der Waals surface area contributed by atoms with E-state index in [9.17, 15) is 0 Å². The van der Waals surface area contributed by atoms with Crippen molar-refractivity contribution >= 4 is 0 Å². The molecule has 0 spiro atoms. The summed E-state index contributed by atoms with van der Waals surface area (Å²) >= 11 is 0. The summed E-state index contributed by atoms with van der Waals surface area (Å²) in [5.74, 6) is 0.0607. The average molecular weight is 184 g/mol. The average Bonchev–Trinajstić information content (AvgIpc) is 2.19. The first-order chi connectivity index (χ1) is 6.77. The van der Waals surface area contributed by atoms with Gasteiger partial charge in [-0.2, -0.15) is 10.5 Å². The van der Waals surface area contributed by atoms with Gasteiger partial charge in [0.1, 0.15) is 0 Å². The van der Waals surface area contributed by atoms with E-state index in [2.05, 4.69) is 12.1 Å². The van der Waals surface area contributed by atoms with Crippen molar-refractivity contribution in [3.63, 3.8) is 0 Å². The van der Waals surface area contributed by atoms with E-state index in [-0.39, 0.29) is 5.92 Å². The van der Waals surface area contributed by atoms with Crippen molar-refractivity contribution in [2.24, 2.45) is 0 Å². The second kappa shape index (κ2) is 5.04. The van der Waals surface area contributed by atoms with Crippen LogP contribution in [0.1, 0.15) is 29.9 Å². The Kier molecular flexibility index (Phi) is 3.70. The summed E-state index contributed by atoms with van der Waals surface area (Å²) in [5, 5.41) is 17.2. The van der Waals surface area contributed by atoms with Crippen LogP contribution in [-0.2, 0) is 0 Å². The predicted molar refractivity (Wildman–Crippen MR) is 54.4 cm³/mol. The van der Waals surface area contributed by atoms with Crippen LogP contribution in [0, 0.1) is 29.6 Å². The maximum absolute atomic E-state index is 8.62. The van der Waals surface area contributed by atoms with E-state index in [0.717, 1.165) is 5.56 Å². The zero-order valence-electron chi connectivity index (χ0n) is 8.20. The first-order valence-electron chi connectivity index (χ1n) is 4.58. The summed E-state index contributed by atoms with van der Waals surface area (Å²) in [6, 6.07) is 12.2. The van der Waals surface area contributed by atoms with Crippen LogP contribution in [0.2, 0.25) is 0 Å². The monoisotopic (exact) mass is 184 g/mol. The predicted octanol–water partition coefficient (Wildman–Crippen LogP) is 2.91. The Morgan fingerprint density at radius 2 is 1.57 bits per heavy atom. The zero-order valence-corrected chi connectivity index (χ0v) is 8.20. The van der Waals surface area contributed by atoms with Crippen LogP contribution < -0.4 is 0 Å². The van der Waals surface area contributed by atoms with Crippen LogP contribution in [0.15, 0.2) is 24.3 Å². The van der Waals surface area contributed by atoms with Crippen LogP contribution in [0.3, 0.4) is 0 Å². The number of aryl methyl sites for hydroxylation is 1. The summed E-state index contributed by atoms with van der Waals surface area (Å²) < 4.78 is 0. The van der Waals surface area contributed by atoms with Gasteiger partial charge in [0.2, 0.25) is 0 Å². The second-order valence-electron chi connectivity index (χ2n) is 3.33. The van der Waals surface area contributed by atoms with Crippen molar-refractivity contribution < 1.29 is 0 Å². The summed E-state index contributed by atoms with van der Waals surface area (Å²) in [4.78, 5) is 0. The minimum absolute atomic E-state index is 0.0607.